The average Bonchev–Trinajstić information content (AvgIpc) is 2.29. The highest BCUT2D eigenvalue weighted by Gasteiger charge is 2.36. The Kier molecular flexibility index (Phi) is 5.04. The zero-order valence-electron chi connectivity index (χ0n) is 12.1. The standard InChI is InChI=1S/C15H22F2O2/c1-6-19-14(15(3,4)5)13(18)11-10(16)8-7-9(2)12(11)17/h7-8,13-14,18H,6H2,1-5H3. The van der Waals surface area contributed by atoms with Crippen LogP contribution in [0.2, 0.25) is 0 Å². The molecule has 0 saturated carbocycles. The van der Waals surface area contributed by atoms with Crippen LogP contribution >= 0.6 is 0 Å². The third-order valence-corrected chi connectivity index (χ3v) is 3.10. The summed E-state index contributed by atoms with van der Waals surface area (Å²) in [6.45, 7) is 9.28. The smallest absolute Gasteiger partial charge is 0.134 e. The summed E-state index contributed by atoms with van der Waals surface area (Å²) in [5, 5.41) is 10.3. The van der Waals surface area contributed by atoms with Crippen LogP contribution in [-0.4, -0.2) is 17.8 Å². The van der Waals surface area contributed by atoms with Gasteiger partial charge in [0.05, 0.1) is 11.7 Å². The van der Waals surface area contributed by atoms with Gasteiger partial charge in [0.15, 0.2) is 0 Å². The van der Waals surface area contributed by atoms with Gasteiger partial charge in [-0.1, -0.05) is 26.8 Å². The van der Waals surface area contributed by atoms with E-state index in [0.29, 0.717) is 12.2 Å². The molecule has 1 rings (SSSR count). The molecule has 0 fully saturated rings. The molecule has 2 atom stereocenters. The maximum Gasteiger partial charge on any atom is 0.134 e. The molecule has 2 nitrogen and oxygen atoms in total. The fourth-order valence-electron chi connectivity index (χ4n) is 2.10. The Balaban J connectivity index is 3.24. The van der Waals surface area contributed by atoms with Crippen LogP contribution < -0.4 is 0 Å². The second-order valence-electron chi connectivity index (χ2n) is 5.78. The maximum atomic E-state index is 14.0. The third kappa shape index (κ3) is 3.51. The first kappa shape index (κ1) is 16.1. The molecular formula is C15H22F2O2. The Morgan fingerprint density at radius 2 is 1.84 bits per heavy atom. The fourth-order valence-corrected chi connectivity index (χ4v) is 2.10. The minimum absolute atomic E-state index is 0.305. The largest absolute Gasteiger partial charge is 0.385 e. The molecule has 19 heavy (non-hydrogen) atoms. The lowest BCUT2D eigenvalue weighted by Crippen LogP contribution is -2.36. The number of hydrogen-bond acceptors (Lipinski definition) is 2. The summed E-state index contributed by atoms with van der Waals surface area (Å²) in [4.78, 5) is 0. The van der Waals surface area contributed by atoms with Crippen molar-refractivity contribution in [3.05, 3.63) is 34.9 Å². The molecular weight excluding hydrogens is 250 g/mol. The van der Waals surface area contributed by atoms with E-state index in [1.165, 1.54) is 19.1 Å². The van der Waals surface area contributed by atoms with Gasteiger partial charge in [-0.05, 0) is 30.9 Å². The van der Waals surface area contributed by atoms with Crippen molar-refractivity contribution in [1.82, 2.24) is 0 Å². The molecule has 0 aliphatic heterocycles. The van der Waals surface area contributed by atoms with Gasteiger partial charge in [0, 0.05) is 6.61 Å². The Bertz CT molecular complexity index is 439. The number of hydrogen-bond donors (Lipinski definition) is 1. The molecule has 0 spiro atoms. The number of benzene rings is 1. The van der Waals surface area contributed by atoms with Crippen LogP contribution in [0, 0.1) is 24.0 Å². The normalized spacial score (nSPS) is 15.4. The summed E-state index contributed by atoms with van der Waals surface area (Å²) in [5.74, 6) is -1.45. The molecule has 0 aliphatic carbocycles. The molecule has 1 aromatic carbocycles. The highest BCUT2D eigenvalue weighted by molar-refractivity contribution is 5.29. The highest BCUT2D eigenvalue weighted by Crippen LogP contribution is 2.35. The zero-order chi connectivity index (χ0) is 14.8. The van der Waals surface area contributed by atoms with E-state index in [2.05, 4.69) is 0 Å². The van der Waals surface area contributed by atoms with Crippen LogP contribution in [0.15, 0.2) is 12.1 Å². The Labute approximate surface area is 113 Å². The number of rotatable bonds is 4. The summed E-state index contributed by atoms with van der Waals surface area (Å²) in [6.07, 6.45) is -2.01. The summed E-state index contributed by atoms with van der Waals surface area (Å²) in [6, 6.07) is 2.52. The highest BCUT2D eigenvalue weighted by atomic mass is 19.1. The van der Waals surface area contributed by atoms with E-state index < -0.39 is 29.3 Å². The lowest BCUT2D eigenvalue weighted by molar-refractivity contribution is -0.0919. The molecule has 1 N–H and O–H groups in total. The molecule has 0 heterocycles. The predicted octanol–water partition coefficient (Wildman–Crippen LogP) is 3.76. The van der Waals surface area contributed by atoms with Gasteiger partial charge in [-0.2, -0.15) is 0 Å². The number of ether oxygens (including phenoxy) is 1. The van der Waals surface area contributed by atoms with Gasteiger partial charge in [-0.25, -0.2) is 8.78 Å². The minimum atomic E-state index is -1.33. The van der Waals surface area contributed by atoms with Gasteiger partial charge >= 0.3 is 0 Å². The van der Waals surface area contributed by atoms with E-state index in [9.17, 15) is 13.9 Å². The van der Waals surface area contributed by atoms with Crippen LogP contribution in [0.5, 0.6) is 0 Å². The van der Waals surface area contributed by atoms with Crippen molar-refractivity contribution in [3.63, 3.8) is 0 Å². The topological polar surface area (TPSA) is 29.5 Å². The quantitative estimate of drug-likeness (QED) is 0.904. The minimum Gasteiger partial charge on any atom is -0.385 e. The predicted molar refractivity (Wildman–Crippen MR) is 70.9 cm³/mol. The summed E-state index contributed by atoms with van der Waals surface area (Å²) < 4.78 is 33.3. The molecule has 2 unspecified atom stereocenters. The number of aryl methyl sites for hydroxylation is 1. The maximum absolute atomic E-state index is 14.0. The molecule has 0 amide bonds. The third-order valence-electron chi connectivity index (χ3n) is 3.10. The summed E-state index contributed by atoms with van der Waals surface area (Å²) >= 11 is 0. The van der Waals surface area contributed by atoms with Crippen molar-refractivity contribution in [2.24, 2.45) is 5.41 Å². The summed E-state index contributed by atoms with van der Waals surface area (Å²) in [7, 11) is 0. The van der Waals surface area contributed by atoms with Gasteiger partial charge in [0.2, 0.25) is 0 Å². The first-order valence-electron chi connectivity index (χ1n) is 6.44. The van der Waals surface area contributed by atoms with Crippen molar-refractivity contribution in [2.45, 2.75) is 46.8 Å². The summed E-state index contributed by atoms with van der Waals surface area (Å²) in [5.41, 5.74) is -0.439. The monoisotopic (exact) mass is 272 g/mol. The van der Waals surface area contributed by atoms with Crippen molar-refractivity contribution in [3.8, 4) is 0 Å². The second kappa shape index (κ2) is 5.97. The Morgan fingerprint density at radius 3 is 2.32 bits per heavy atom. The average molecular weight is 272 g/mol. The van der Waals surface area contributed by atoms with Crippen molar-refractivity contribution < 1.29 is 18.6 Å². The molecule has 0 bridgehead atoms. The first-order chi connectivity index (χ1) is 8.70. The van der Waals surface area contributed by atoms with Gasteiger partial charge in [0.1, 0.15) is 17.7 Å². The van der Waals surface area contributed by atoms with Gasteiger partial charge in [0.25, 0.3) is 0 Å². The van der Waals surface area contributed by atoms with Gasteiger partial charge in [-0.15, -0.1) is 0 Å². The first-order valence-corrected chi connectivity index (χ1v) is 6.44. The number of aliphatic hydroxyl groups is 1. The van der Waals surface area contributed by atoms with Crippen molar-refractivity contribution in [1.29, 1.82) is 0 Å². The molecule has 1 aromatic rings. The molecule has 0 saturated heterocycles. The van der Waals surface area contributed by atoms with E-state index >= 15 is 0 Å². The lowest BCUT2D eigenvalue weighted by Gasteiger charge is -2.34. The number of halogens is 2. The van der Waals surface area contributed by atoms with Crippen molar-refractivity contribution in [2.75, 3.05) is 6.61 Å². The van der Waals surface area contributed by atoms with Gasteiger partial charge < -0.3 is 9.84 Å². The zero-order valence-corrected chi connectivity index (χ0v) is 12.1. The lowest BCUT2D eigenvalue weighted by atomic mass is 9.83. The van der Waals surface area contributed by atoms with E-state index in [-0.39, 0.29) is 5.56 Å². The molecule has 108 valence electrons. The molecule has 0 aliphatic rings. The van der Waals surface area contributed by atoms with E-state index in [0.717, 1.165) is 0 Å². The number of aliphatic hydroxyl groups excluding tert-OH is 1. The van der Waals surface area contributed by atoms with Crippen LogP contribution in [0.1, 0.15) is 44.9 Å². The van der Waals surface area contributed by atoms with Crippen LogP contribution in [-0.2, 0) is 4.74 Å². The van der Waals surface area contributed by atoms with Crippen molar-refractivity contribution >= 4 is 0 Å². The van der Waals surface area contributed by atoms with Crippen LogP contribution in [0.25, 0.3) is 0 Å². The van der Waals surface area contributed by atoms with E-state index in [1.807, 2.05) is 20.8 Å². The fraction of sp³-hybridized carbons (Fsp3) is 0.600. The molecule has 0 aromatic heterocycles. The van der Waals surface area contributed by atoms with Crippen LogP contribution in [0.3, 0.4) is 0 Å². The SMILES string of the molecule is CCOC(C(O)c1c(F)ccc(C)c1F)C(C)(C)C. The van der Waals surface area contributed by atoms with Crippen LogP contribution in [0.4, 0.5) is 8.78 Å². The second-order valence-corrected chi connectivity index (χ2v) is 5.78. The Hall–Kier alpha value is -1.00. The van der Waals surface area contributed by atoms with Gasteiger partial charge in [-0.3, -0.25) is 0 Å². The van der Waals surface area contributed by atoms with E-state index in [4.69, 9.17) is 4.74 Å². The molecule has 0 radical (unpaired) electrons. The molecule has 4 heteroatoms. The Morgan fingerprint density at radius 1 is 1.26 bits per heavy atom. The van der Waals surface area contributed by atoms with E-state index in [1.54, 1.807) is 6.92 Å².